The predicted octanol–water partition coefficient (Wildman–Crippen LogP) is 4.59. The first kappa shape index (κ1) is 13.4. The standard InChI is InChI=1S/C14H13BrClNO/c1-7-8(2)13(17-9(7)3)14(18)11-5-4-10(16)6-12(11)15/h4-6,17H,1-3H3. The van der Waals surface area contributed by atoms with E-state index in [1.54, 1.807) is 18.2 Å². The summed E-state index contributed by atoms with van der Waals surface area (Å²) in [6, 6.07) is 5.18. The van der Waals surface area contributed by atoms with E-state index in [2.05, 4.69) is 20.9 Å². The van der Waals surface area contributed by atoms with Gasteiger partial charge in [0.15, 0.2) is 0 Å². The molecule has 4 heteroatoms. The van der Waals surface area contributed by atoms with Crippen LogP contribution in [0.15, 0.2) is 22.7 Å². The lowest BCUT2D eigenvalue weighted by molar-refractivity contribution is 0.103. The highest BCUT2D eigenvalue weighted by Crippen LogP contribution is 2.26. The summed E-state index contributed by atoms with van der Waals surface area (Å²) in [6.07, 6.45) is 0. The molecule has 0 radical (unpaired) electrons. The first-order valence-electron chi connectivity index (χ1n) is 5.57. The van der Waals surface area contributed by atoms with Crippen LogP contribution in [0.1, 0.15) is 32.9 Å². The van der Waals surface area contributed by atoms with E-state index in [4.69, 9.17) is 11.6 Å². The number of ketones is 1. The minimum Gasteiger partial charge on any atom is -0.356 e. The molecule has 1 aromatic heterocycles. The summed E-state index contributed by atoms with van der Waals surface area (Å²) in [6.45, 7) is 5.93. The fraction of sp³-hybridized carbons (Fsp3) is 0.214. The Labute approximate surface area is 119 Å². The molecule has 0 fully saturated rings. The average molecular weight is 327 g/mol. The minimum absolute atomic E-state index is 0.0211. The molecule has 0 aliphatic carbocycles. The van der Waals surface area contributed by atoms with E-state index in [1.807, 2.05) is 20.8 Å². The molecule has 1 N–H and O–H groups in total. The first-order chi connectivity index (χ1) is 8.41. The molecule has 0 bridgehead atoms. The first-order valence-corrected chi connectivity index (χ1v) is 6.74. The van der Waals surface area contributed by atoms with Gasteiger partial charge in [0.25, 0.3) is 0 Å². The molecule has 18 heavy (non-hydrogen) atoms. The smallest absolute Gasteiger partial charge is 0.210 e. The van der Waals surface area contributed by atoms with Crippen molar-refractivity contribution in [3.63, 3.8) is 0 Å². The zero-order valence-electron chi connectivity index (χ0n) is 10.4. The Morgan fingerprint density at radius 3 is 2.39 bits per heavy atom. The van der Waals surface area contributed by atoms with Gasteiger partial charge < -0.3 is 4.98 Å². The van der Waals surface area contributed by atoms with Crippen LogP contribution < -0.4 is 0 Å². The lowest BCUT2D eigenvalue weighted by Gasteiger charge is -2.04. The van der Waals surface area contributed by atoms with Crippen molar-refractivity contribution in [2.75, 3.05) is 0 Å². The molecule has 0 aliphatic rings. The highest BCUT2D eigenvalue weighted by molar-refractivity contribution is 9.10. The van der Waals surface area contributed by atoms with Gasteiger partial charge in [0, 0.05) is 20.8 Å². The molecule has 1 aromatic carbocycles. The van der Waals surface area contributed by atoms with Crippen molar-refractivity contribution in [2.45, 2.75) is 20.8 Å². The van der Waals surface area contributed by atoms with Gasteiger partial charge in [-0.1, -0.05) is 11.6 Å². The average Bonchev–Trinajstić information content (AvgIpc) is 2.56. The van der Waals surface area contributed by atoms with E-state index in [1.165, 1.54) is 0 Å². The van der Waals surface area contributed by atoms with Crippen LogP contribution >= 0.6 is 27.5 Å². The van der Waals surface area contributed by atoms with Gasteiger partial charge in [0.1, 0.15) is 0 Å². The Morgan fingerprint density at radius 1 is 1.22 bits per heavy atom. The summed E-state index contributed by atoms with van der Waals surface area (Å²) < 4.78 is 0.712. The Morgan fingerprint density at radius 2 is 1.89 bits per heavy atom. The Bertz CT molecular complexity index is 631. The van der Waals surface area contributed by atoms with Gasteiger partial charge in [0.05, 0.1) is 5.69 Å². The predicted molar refractivity (Wildman–Crippen MR) is 77.6 cm³/mol. The maximum Gasteiger partial charge on any atom is 0.210 e. The van der Waals surface area contributed by atoms with Crippen LogP contribution in [0.25, 0.3) is 0 Å². The quantitative estimate of drug-likeness (QED) is 0.805. The van der Waals surface area contributed by atoms with Gasteiger partial charge in [0.2, 0.25) is 5.78 Å². The second kappa shape index (κ2) is 4.90. The van der Waals surface area contributed by atoms with Crippen molar-refractivity contribution < 1.29 is 4.79 Å². The topological polar surface area (TPSA) is 32.9 Å². The van der Waals surface area contributed by atoms with Crippen molar-refractivity contribution in [2.24, 2.45) is 0 Å². The lowest BCUT2D eigenvalue weighted by Crippen LogP contribution is -2.04. The van der Waals surface area contributed by atoms with Gasteiger partial charge in [-0.2, -0.15) is 0 Å². The van der Waals surface area contributed by atoms with E-state index in [9.17, 15) is 4.79 Å². The van der Waals surface area contributed by atoms with Crippen LogP contribution in [0, 0.1) is 20.8 Å². The summed E-state index contributed by atoms with van der Waals surface area (Å²) in [5.74, 6) is -0.0211. The molecule has 0 saturated carbocycles. The number of nitrogens with one attached hydrogen (secondary N) is 1. The molecular weight excluding hydrogens is 314 g/mol. The number of carbonyl (C=O) groups excluding carboxylic acids is 1. The number of aryl methyl sites for hydroxylation is 1. The van der Waals surface area contributed by atoms with Crippen LogP contribution in [0.4, 0.5) is 0 Å². The minimum atomic E-state index is -0.0211. The molecule has 2 aromatic rings. The second-order valence-electron chi connectivity index (χ2n) is 4.33. The monoisotopic (exact) mass is 325 g/mol. The number of hydrogen-bond acceptors (Lipinski definition) is 1. The van der Waals surface area contributed by atoms with E-state index in [0.29, 0.717) is 20.8 Å². The van der Waals surface area contributed by atoms with Crippen LogP contribution in [-0.4, -0.2) is 10.8 Å². The Balaban J connectivity index is 2.51. The summed E-state index contributed by atoms with van der Waals surface area (Å²) in [7, 11) is 0. The number of carbonyl (C=O) groups is 1. The molecule has 0 unspecified atom stereocenters. The summed E-state index contributed by atoms with van der Waals surface area (Å²) in [4.78, 5) is 15.6. The Hall–Kier alpha value is -1.06. The number of rotatable bonds is 2. The number of hydrogen-bond donors (Lipinski definition) is 1. The van der Waals surface area contributed by atoms with Gasteiger partial charge in [-0.15, -0.1) is 0 Å². The molecule has 0 spiro atoms. The van der Waals surface area contributed by atoms with E-state index in [0.717, 1.165) is 16.8 Å². The van der Waals surface area contributed by atoms with Gasteiger partial charge in [-0.3, -0.25) is 4.79 Å². The van der Waals surface area contributed by atoms with Crippen molar-refractivity contribution in [3.8, 4) is 0 Å². The Kier molecular flexibility index (Phi) is 3.64. The molecule has 0 amide bonds. The maximum atomic E-state index is 12.5. The van der Waals surface area contributed by atoms with Gasteiger partial charge in [-0.05, 0) is 66.0 Å². The summed E-state index contributed by atoms with van der Waals surface area (Å²) >= 11 is 9.25. The van der Waals surface area contributed by atoms with Crippen LogP contribution in [0.5, 0.6) is 0 Å². The molecule has 0 atom stereocenters. The highest BCUT2D eigenvalue weighted by atomic mass is 79.9. The number of benzene rings is 1. The van der Waals surface area contributed by atoms with Crippen molar-refractivity contribution in [3.05, 3.63) is 55.8 Å². The molecular formula is C14H13BrClNO. The number of halogens is 2. The number of aromatic nitrogens is 1. The van der Waals surface area contributed by atoms with Gasteiger partial charge in [-0.25, -0.2) is 0 Å². The van der Waals surface area contributed by atoms with Crippen molar-refractivity contribution >= 4 is 33.3 Å². The SMILES string of the molecule is Cc1[nH]c(C(=O)c2ccc(Cl)cc2Br)c(C)c1C. The second-order valence-corrected chi connectivity index (χ2v) is 5.62. The molecule has 2 nitrogen and oxygen atoms in total. The molecule has 0 saturated heterocycles. The van der Waals surface area contributed by atoms with E-state index in [-0.39, 0.29) is 5.78 Å². The van der Waals surface area contributed by atoms with Crippen molar-refractivity contribution in [1.29, 1.82) is 0 Å². The molecule has 1 heterocycles. The van der Waals surface area contributed by atoms with Crippen molar-refractivity contribution in [1.82, 2.24) is 4.98 Å². The van der Waals surface area contributed by atoms with E-state index < -0.39 is 0 Å². The van der Waals surface area contributed by atoms with Crippen LogP contribution in [0.3, 0.4) is 0 Å². The number of H-pyrrole nitrogens is 1. The third kappa shape index (κ3) is 2.25. The van der Waals surface area contributed by atoms with E-state index >= 15 is 0 Å². The van der Waals surface area contributed by atoms with Crippen LogP contribution in [0.2, 0.25) is 5.02 Å². The van der Waals surface area contributed by atoms with Gasteiger partial charge >= 0.3 is 0 Å². The highest BCUT2D eigenvalue weighted by Gasteiger charge is 2.18. The lowest BCUT2D eigenvalue weighted by atomic mass is 10.0. The third-order valence-corrected chi connectivity index (χ3v) is 4.11. The normalized spacial score (nSPS) is 10.7. The molecule has 0 aliphatic heterocycles. The molecule has 2 rings (SSSR count). The largest absolute Gasteiger partial charge is 0.356 e. The fourth-order valence-corrected chi connectivity index (χ4v) is 2.74. The zero-order chi connectivity index (χ0) is 13.4. The number of aromatic amines is 1. The summed E-state index contributed by atoms with van der Waals surface area (Å²) in [5, 5.41) is 0.606. The third-order valence-electron chi connectivity index (χ3n) is 3.22. The van der Waals surface area contributed by atoms with Crippen LogP contribution in [-0.2, 0) is 0 Å². The summed E-state index contributed by atoms with van der Waals surface area (Å²) in [5.41, 5.74) is 4.42. The maximum absolute atomic E-state index is 12.5. The molecule has 94 valence electrons. The zero-order valence-corrected chi connectivity index (χ0v) is 12.7. The fourth-order valence-electron chi connectivity index (χ4n) is 1.88.